The first-order valence-electron chi connectivity index (χ1n) is 6.56. The first-order chi connectivity index (χ1) is 8.40. The van der Waals surface area contributed by atoms with Gasteiger partial charge in [-0.15, -0.1) is 0 Å². The first kappa shape index (κ1) is 10.8. The van der Waals surface area contributed by atoms with Gasteiger partial charge in [0.15, 0.2) is 0 Å². The van der Waals surface area contributed by atoms with E-state index in [0.29, 0.717) is 6.04 Å². The Kier molecular flexibility index (Phi) is 2.85. The monoisotopic (exact) mass is 229 g/mol. The zero-order chi connectivity index (χ0) is 11.7. The van der Waals surface area contributed by atoms with Crippen molar-refractivity contribution in [1.82, 2.24) is 14.9 Å². The quantitative estimate of drug-likeness (QED) is 0.876. The summed E-state index contributed by atoms with van der Waals surface area (Å²) in [5.74, 6) is 1.25. The minimum Gasteiger partial charge on any atom is -0.324 e. The van der Waals surface area contributed by atoms with Crippen LogP contribution in [0.5, 0.6) is 0 Å². The largest absolute Gasteiger partial charge is 0.324 e. The zero-order valence-electron chi connectivity index (χ0n) is 10.3. The van der Waals surface area contributed by atoms with Crippen LogP contribution in [0.15, 0.2) is 24.3 Å². The van der Waals surface area contributed by atoms with Gasteiger partial charge in [0.05, 0.1) is 11.0 Å². The summed E-state index contributed by atoms with van der Waals surface area (Å²) in [6, 6.07) is 9.08. The number of hydrogen-bond donors (Lipinski definition) is 1. The molecule has 0 aliphatic carbocycles. The summed E-state index contributed by atoms with van der Waals surface area (Å²) in [7, 11) is 0. The van der Waals surface area contributed by atoms with Crippen molar-refractivity contribution in [3.63, 3.8) is 0 Å². The van der Waals surface area contributed by atoms with Gasteiger partial charge in [-0.25, -0.2) is 4.98 Å². The molecule has 3 rings (SSSR count). The molecule has 1 aliphatic heterocycles. The minimum absolute atomic E-state index is 0.587. The van der Waals surface area contributed by atoms with Crippen LogP contribution in [0.4, 0.5) is 0 Å². The molecule has 17 heavy (non-hydrogen) atoms. The van der Waals surface area contributed by atoms with Crippen LogP contribution in [0.25, 0.3) is 11.0 Å². The molecule has 2 heterocycles. The van der Waals surface area contributed by atoms with Crippen molar-refractivity contribution in [2.75, 3.05) is 13.1 Å². The molecule has 1 unspecified atom stereocenters. The fourth-order valence-corrected chi connectivity index (χ4v) is 2.76. The molecule has 0 bridgehead atoms. The number of benzene rings is 1. The van der Waals surface area contributed by atoms with Gasteiger partial charge in [-0.1, -0.05) is 19.1 Å². The molecule has 2 aromatic rings. The lowest BCUT2D eigenvalue weighted by atomic mass is 10.2. The average molecular weight is 229 g/mol. The number of para-hydroxylation sites is 2. The number of nitrogens with one attached hydrogen (secondary N) is 1. The van der Waals surface area contributed by atoms with Crippen LogP contribution >= 0.6 is 0 Å². The van der Waals surface area contributed by atoms with Gasteiger partial charge in [-0.2, -0.15) is 0 Å². The summed E-state index contributed by atoms with van der Waals surface area (Å²) in [4.78, 5) is 4.78. The molecule has 0 amide bonds. The van der Waals surface area contributed by atoms with E-state index in [-0.39, 0.29) is 0 Å². The Balaban J connectivity index is 2.13. The lowest BCUT2D eigenvalue weighted by molar-refractivity contribution is 0.534. The number of aromatic nitrogens is 2. The molecule has 1 fully saturated rings. The first-order valence-corrected chi connectivity index (χ1v) is 6.56. The number of imidazole rings is 1. The Hall–Kier alpha value is -1.35. The van der Waals surface area contributed by atoms with Gasteiger partial charge in [0, 0.05) is 19.0 Å². The van der Waals surface area contributed by atoms with Crippen molar-refractivity contribution in [2.24, 2.45) is 0 Å². The number of rotatable bonds is 3. The van der Waals surface area contributed by atoms with Crippen LogP contribution in [0.3, 0.4) is 0 Å². The summed E-state index contributed by atoms with van der Waals surface area (Å²) < 4.78 is 2.46. The molecule has 1 aromatic carbocycles. The van der Waals surface area contributed by atoms with Crippen molar-refractivity contribution in [1.29, 1.82) is 0 Å². The maximum absolute atomic E-state index is 4.78. The van der Waals surface area contributed by atoms with Crippen LogP contribution in [0, 0.1) is 0 Å². The van der Waals surface area contributed by atoms with Crippen LogP contribution < -0.4 is 5.32 Å². The van der Waals surface area contributed by atoms with E-state index in [1.54, 1.807) is 0 Å². The van der Waals surface area contributed by atoms with Crippen LogP contribution in [0.1, 0.15) is 31.6 Å². The lowest BCUT2D eigenvalue weighted by Gasteiger charge is -2.15. The zero-order valence-corrected chi connectivity index (χ0v) is 10.3. The molecule has 1 atom stereocenters. The summed E-state index contributed by atoms with van der Waals surface area (Å²) in [6.07, 6.45) is 3.45. The normalized spacial score (nSPS) is 20.2. The second-order valence-corrected chi connectivity index (χ2v) is 4.78. The van der Waals surface area contributed by atoms with E-state index in [1.807, 2.05) is 0 Å². The second-order valence-electron chi connectivity index (χ2n) is 4.78. The Morgan fingerprint density at radius 2 is 2.29 bits per heavy atom. The highest BCUT2D eigenvalue weighted by molar-refractivity contribution is 5.76. The lowest BCUT2D eigenvalue weighted by Crippen LogP contribution is -2.15. The Bertz CT molecular complexity index is 509. The van der Waals surface area contributed by atoms with E-state index in [0.717, 1.165) is 31.4 Å². The van der Waals surface area contributed by atoms with Crippen LogP contribution in [0.2, 0.25) is 0 Å². The third kappa shape index (κ3) is 1.84. The van der Waals surface area contributed by atoms with Crippen LogP contribution in [-0.4, -0.2) is 22.6 Å². The summed E-state index contributed by atoms with van der Waals surface area (Å²) in [5, 5.41) is 3.45. The highest BCUT2D eigenvalue weighted by atomic mass is 15.1. The fourth-order valence-electron chi connectivity index (χ4n) is 2.76. The summed E-state index contributed by atoms with van der Waals surface area (Å²) in [5.41, 5.74) is 2.44. The van der Waals surface area contributed by atoms with Crippen molar-refractivity contribution in [2.45, 2.75) is 32.2 Å². The molecule has 3 nitrogen and oxygen atoms in total. The Morgan fingerprint density at radius 1 is 1.41 bits per heavy atom. The van der Waals surface area contributed by atoms with E-state index >= 15 is 0 Å². The van der Waals surface area contributed by atoms with Gasteiger partial charge in [-0.3, -0.25) is 0 Å². The van der Waals surface area contributed by atoms with E-state index < -0.39 is 0 Å². The highest BCUT2D eigenvalue weighted by Crippen LogP contribution is 2.25. The van der Waals surface area contributed by atoms with Gasteiger partial charge in [0.2, 0.25) is 0 Å². The van der Waals surface area contributed by atoms with Gasteiger partial charge in [0.1, 0.15) is 5.82 Å². The summed E-state index contributed by atoms with van der Waals surface area (Å²) >= 11 is 0. The Labute approximate surface area is 102 Å². The molecule has 1 aromatic heterocycles. The molecule has 90 valence electrons. The molecule has 0 spiro atoms. The van der Waals surface area contributed by atoms with Gasteiger partial charge >= 0.3 is 0 Å². The van der Waals surface area contributed by atoms with E-state index in [1.165, 1.54) is 17.8 Å². The third-order valence-corrected chi connectivity index (χ3v) is 3.54. The van der Waals surface area contributed by atoms with Gasteiger partial charge < -0.3 is 9.88 Å². The highest BCUT2D eigenvalue weighted by Gasteiger charge is 2.21. The maximum Gasteiger partial charge on any atom is 0.110 e. The minimum atomic E-state index is 0.587. The van der Waals surface area contributed by atoms with Crippen molar-refractivity contribution < 1.29 is 0 Å². The van der Waals surface area contributed by atoms with Crippen molar-refractivity contribution >= 4 is 11.0 Å². The standard InChI is InChI=1S/C14H19N3/c1-2-5-14-16-12-6-3-4-7-13(12)17(14)11-8-9-15-10-11/h3-4,6-7,11,15H,2,5,8-10H2,1H3. The smallest absolute Gasteiger partial charge is 0.110 e. The Morgan fingerprint density at radius 3 is 3.06 bits per heavy atom. The topological polar surface area (TPSA) is 29.9 Å². The van der Waals surface area contributed by atoms with Gasteiger partial charge in [-0.05, 0) is 31.5 Å². The molecule has 0 radical (unpaired) electrons. The number of fused-ring (bicyclic) bond motifs is 1. The van der Waals surface area contributed by atoms with E-state index in [2.05, 4.69) is 41.1 Å². The molecule has 1 N–H and O–H groups in total. The molecule has 1 saturated heterocycles. The predicted octanol–water partition coefficient (Wildman–Crippen LogP) is 2.52. The maximum atomic E-state index is 4.78. The van der Waals surface area contributed by atoms with Crippen molar-refractivity contribution in [3.05, 3.63) is 30.1 Å². The van der Waals surface area contributed by atoms with Crippen LogP contribution in [-0.2, 0) is 6.42 Å². The van der Waals surface area contributed by atoms with Crippen molar-refractivity contribution in [3.8, 4) is 0 Å². The summed E-state index contributed by atoms with van der Waals surface area (Å²) in [6.45, 7) is 4.43. The fraction of sp³-hybridized carbons (Fsp3) is 0.500. The number of nitrogens with zero attached hydrogens (tertiary/aromatic N) is 2. The molecular weight excluding hydrogens is 210 g/mol. The molecule has 1 aliphatic rings. The van der Waals surface area contributed by atoms with Gasteiger partial charge in [0.25, 0.3) is 0 Å². The number of aryl methyl sites for hydroxylation is 1. The average Bonchev–Trinajstić information content (AvgIpc) is 2.94. The number of hydrogen-bond acceptors (Lipinski definition) is 2. The molecule has 0 saturated carbocycles. The third-order valence-electron chi connectivity index (χ3n) is 3.54. The van der Waals surface area contributed by atoms with E-state index in [4.69, 9.17) is 4.98 Å². The SMILES string of the molecule is CCCc1nc2ccccc2n1C1CCNC1. The predicted molar refractivity (Wildman–Crippen MR) is 70.3 cm³/mol. The van der Waals surface area contributed by atoms with E-state index in [9.17, 15) is 0 Å². The second kappa shape index (κ2) is 4.49. The molecular formula is C14H19N3. The molecule has 3 heteroatoms.